The van der Waals surface area contributed by atoms with Crippen molar-refractivity contribution in [3.63, 3.8) is 0 Å². The van der Waals surface area contributed by atoms with Crippen LogP contribution in [0.5, 0.6) is 5.75 Å². The number of halogens is 2. The van der Waals surface area contributed by atoms with Crippen LogP contribution in [-0.2, 0) is 4.74 Å². The highest BCUT2D eigenvalue weighted by Crippen LogP contribution is 2.30. The van der Waals surface area contributed by atoms with Crippen molar-refractivity contribution in [1.29, 1.82) is 0 Å². The van der Waals surface area contributed by atoms with Crippen LogP contribution in [0.15, 0.2) is 42.5 Å². The van der Waals surface area contributed by atoms with Crippen LogP contribution < -0.4 is 10.1 Å². The molecule has 1 aliphatic heterocycles. The van der Waals surface area contributed by atoms with Crippen molar-refractivity contribution in [3.8, 4) is 5.75 Å². The summed E-state index contributed by atoms with van der Waals surface area (Å²) in [6.45, 7) is 1.22. The third-order valence-electron chi connectivity index (χ3n) is 5.30. The molecule has 3 rings (SSSR count). The average Bonchev–Trinajstić information content (AvgIpc) is 3.16. The van der Waals surface area contributed by atoms with Crippen molar-refractivity contribution in [2.75, 3.05) is 33.9 Å². The molecule has 2 amide bonds. The van der Waals surface area contributed by atoms with Crippen LogP contribution in [0, 0.1) is 5.82 Å². The molecule has 160 valence electrons. The summed E-state index contributed by atoms with van der Waals surface area (Å²) in [6, 6.07) is 10.2. The number of likely N-dealkylation sites (tertiary alicyclic amines) is 1. The first-order valence-electron chi connectivity index (χ1n) is 9.57. The summed E-state index contributed by atoms with van der Waals surface area (Å²) in [5.74, 6) is -0.518. The lowest BCUT2D eigenvalue weighted by molar-refractivity contribution is 0.0744. The van der Waals surface area contributed by atoms with Crippen molar-refractivity contribution >= 4 is 23.4 Å². The maximum atomic E-state index is 13.2. The van der Waals surface area contributed by atoms with Gasteiger partial charge in [-0.1, -0.05) is 11.6 Å². The zero-order chi connectivity index (χ0) is 21.7. The Balaban J connectivity index is 1.79. The van der Waals surface area contributed by atoms with Gasteiger partial charge in [-0.15, -0.1) is 0 Å². The van der Waals surface area contributed by atoms with Gasteiger partial charge in [0.25, 0.3) is 11.8 Å². The van der Waals surface area contributed by atoms with E-state index in [0.717, 1.165) is 0 Å². The van der Waals surface area contributed by atoms with Gasteiger partial charge >= 0.3 is 0 Å². The molecule has 1 atom stereocenters. The van der Waals surface area contributed by atoms with E-state index in [1.165, 1.54) is 31.4 Å². The minimum absolute atomic E-state index is 0.196. The van der Waals surface area contributed by atoms with Crippen LogP contribution >= 0.6 is 11.6 Å². The van der Waals surface area contributed by atoms with Crippen molar-refractivity contribution in [2.45, 2.75) is 18.4 Å². The molecule has 1 unspecified atom stereocenters. The van der Waals surface area contributed by atoms with E-state index in [4.69, 9.17) is 21.1 Å². The normalized spacial score (nSPS) is 18.3. The molecule has 1 aliphatic rings. The van der Waals surface area contributed by atoms with Crippen molar-refractivity contribution in [2.24, 2.45) is 0 Å². The lowest BCUT2D eigenvalue weighted by Gasteiger charge is -2.30. The molecular formula is C22H24ClFN2O4. The van der Waals surface area contributed by atoms with Crippen LogP contribution in [0.2, 0.25) is 5.02 Å². The molecule has 1 fully saturated rings. The molecule has 0 radical (unpaired) electrons. The third kappa shape index (κ3) is 4.91. The van der Waals surface area contributed by atoms with Crippen molar-refractivity contribution in [3.05, 3.63) is 64.4 Å². The highest BCUT2D eigenvalue weighted by molar-refractivity contribution is 6.30. The highest BCUT2D eigenvalue weighted by atomic mass is 35.5. The van der Waals surface area contributed by atoms with Gasteiger partial charge in [-0.05, 0) is 55.3 Å². The van der Waals surface area contributed by atoms with Gasteiger partial charge in [-0.3, -0.25) is 9.59 Å². The van der Waals surface area contributed by atoms with E-state index in [1.807, 2.05) is 0 Å². The van der Waals surface area contributed by atoms with Crippen LogP contribution in [0.3, 0.4) is 0 Å². The van der Waals surface area contributed by atoms with Gasteiger partial charge in [-0.2, -0.15) is 0 Å². The van der Waals surface area contributed by atoms with E-state index in [1.54, 1.807) is 30.2 Å². The zero-order valence-electron chi connectivity index (χ0n) is 16.9. The molecule has 1 saturated heterocycles. The van der Waals surface area contributed by atoms with E-state index >= 15 is 0 Å². The Labute approximate surface area is 179 Å². The fourth-order valence-electron chi connectivity index (χ4n) is 3.64. The van der Waals surface area contributed by atoms with Gasteiger partial charge in [0.1, 0.15) is 11.6 Å². The molecule has 30 heavy (non-hydrogen) atoms. The van der Waals surface area contributed by atoms with Crippen LogP contribution in [0.4, 0.5) is 4.39 Å². The molecule has 0 saturated carbocycles. The second-order valence-electron chi connectivity index (χ2n) is 7.31. The quantitative estimate of drug-likeness (QED) is 0.723. The van der Waals surface area contributed by atoms with Gasteiger partial charge in [-0.25, -0.2) is 4.39 Å². The number of rotatable bonds is 7. The van der Waals surface area contributed by atoms with E-state index in [2.05, 4.69) is 5.32 Å². The predicted molar refractivity (Wildman–Crippen MR) is 112 cm³/mol. The van der Waals surface area contributed by atoms with E-state index < -0.39 is 11.4 Å². The lowest BCUT2D eigenvalue weighted by Crippen LogP contribution is -2.51. The largest absolute Gasteiger partial charge is 0.496 e. The van der Waals surface area contributed by atoms with Gasteiger partial charge in [0.2, 0.25) is 0 Å². The smallest absolute Gasteiger partial charge is 0.257 e. The van der Waals surface area contributed by atoms with Gasteiger partial charge in [0.05, 0.1) is 18.2 Å². The topological polar surface area (TPSA) is 67.9 Å². The molecule has 0 aliphatic carbocycles. The second-order valence-corrected chi connectivity index (χ2v) is 7.74. The summed E-state index contributed by atoms with van der Waals surface area (Å²) in [4.78, 5) is 27.5. The summed E-state index contributed by atoms with van der Waals surface area (Å²) in [6.07, 6.45) is 1.11. The Kier molecular flexibility index (Phi) is 6.95. The molecular weight excluding hydrogens is 411 g/mol. The third-order valence-corrected chi connectivity index (χ3v) is 5.54. The minimum atomic E-state index is -0.642. The maximum Gasteiger partial charge on any atom is 0.257 e. The SMILES string of the molecule is COCCC1(NC(=O)c2ccc(F)cc2)CCN(C(=O)c2ccc(Cl)cc2OC)C1. The minimum Gasteiger partial charge on any atom is -0.496 e. The maximum absolute atomic E-state index is 13.2. The first-order chi connectivity index (χ1) is 14.4. The number of carbonyl (C=O) groups is 2. The molecule has 1 N–H and O–H groups in total. The fraction of sp³-hybridized carbons (Fsp3) is 0.364. The number of benzene rings is 2. The second kappa shape index (κ2) is 9.45. The zero-order valence-corrected chi connectivity index (χ0v) is 17.7. The molecule has 0 spiro atoms. The number of nitrogens with one attached hydrogen (secondary N) is 1. The molecule has 0 aromatic heterocycles. The Hall–Kier alpha value is -2.64. The monoisotopic (exact) mass is 434 g/mol. The first-order valence-corrected chi connectivity index (χ1v) is 9.95. The number of amides is 2. The average molecular weight is 435 g/mol. The summed E-state index contributed by atoms with van der Waals surface area (Å²) < 4.78 is 23.7. The highest BCUT2D eigenvalue weighted by Gasteiger charge is 2.41. The van der Waals surface area contributed by atoms with E-state index in [0.29, 0.717) is 54.4 Å². The molecule has 2 aromatic rings. The van der Waals surface area contributed by atoms with Crippen LogP contribution in [0.1, 0.15) is 33.6 Å². The van der Waals surface area contributed by atoms with E-state index in [-0.39, 0.29) is 11.8 Å². The van der Waals surface area contributed by atoms with Crippen molar-refractivity contribution < 1.29 is 23.5 Å². The number of hydrogen-bond donors (Lipinski definition) is 1. The number of nitrogens with zero attached hydrogens (tertiary/aromatic N) is 1. The Bertz CT molecular complexity index is 922. The number of hydrogen-bond acceptors (Lipinski definition) is 4. The Morgan fingerprint density at radius 2 is 1.93 bits per heavy atom. The first kappa shape index (κ1) is 22.1. The predicted octanol–water partition coefficient (Wildman–Crippen LogP) is 3.54. The van der Waals surface area contributed by atoms with Gasteiger partial charge < -0.3 is 19.7 Å². The van der Waals surface area contributed by atoms with Crippen LogP contribution in [0.25, 0.3) is 0 Å². The molecule has 0 bridgehead atoms. The summed E-state index contributed by atoms with van der Waals surface area (Å²) in [5, 5.41) is 3.53. The molecule has 1 heterocycles. The summed E-state index contributed by atoms with van der Waals surface area (Å²) >= 11 is 6.00. The fourth-order valence-corrected chi connectivity index (χ4v) is 3.80. The molecule has 2 aromatic carbocycles. The number of ether oxygens (including phenoxy) is 2. The lowest BCUT2D eigenvalue weighted by atomic mass is 9.93. The number of methoxy groups -OCH3 is 2. The molecule has 6 nitrogen and oxygen atoms in total. The molecule has 8 heteroatoms. The van der Waals surface area contributed by atoms with Crippen LogP contribution in [-0.4, -0.2) is 56.2 Å². The summed E-state index contributed by atoms with van der Waals surface area (Å²) in [5.41, 5.74) is 0.128. The standard InChI is InChI=1S/C22H24ClFN2O4/c1-29-12-10-22(25-20(27)15-3-6-17(24)7-4-15)9-11-26(14-22)21(28)18-8-5-16(23)13-19(18)30-2/h3-8,13H,9-12,14H2,1-2H3,(H,25,27). The van der Waals surface area contributed by atoms with Gasteiger partial charge in [0.15, 0.2) is 0 Å². The summed E-state index contributed by atoms with van der Waals surface area (Å²) in [7, 11) is 3.07. The van der Waals surface area contributed by atoms with Gasteiger partial charge in [0, 0.05) is 37.4 Å². The van der Waals surface area contributed by atoms with E-state index in [9.17, 15) is 14.0 Å². The number of carbonyl (C=O) groups excluding carboxylic acids is 2. The van der Waals surface area contributed by atoms with Crippen molar-refractivity contribution in [1.82, 2.24) is 10.2 Å². The Morgan fingerprint density at radius 3 is 2.60 bits per heavy atom. The Morgan fingerprint density at radius 1 is 1.20 bits per heavy atom.